The van der Waals surface area contributed by atoms with Gasteiger partial charge in [0.15, 0.2) is 0 Å². The van der Waals surface area contributed by atoms with E-state index in [1.165, 1.54) is 6.33 Å². The van der Waals surface area contributed by atoms with Gasteiger partial charge in [0.25, 0.3) is 0 Å². The highest BCUT2D eigenvalue weighted by molar-refractivity contribution is 5.45. The molecule has 0 radical (unpaired) electrons. The number of nitrogens with zero attached hydrogens (tertiary/aromatic N) is 3. The van der Waals surface area contributed by atoms with Gasteiger partial charge in [-0.3, -0.25) is 0 Å². The van der Waals surface area contributed by atoms with E-state index < -0.39 is 0 Å². The third kappa shape index (κ3) is 3.69. The van der Waals surface area contributed by atoms with Crippen LogP contribution in [0.25, 0.3) is 0 Å². The molecule has 0 aliphatic carbocycles. The molecule has 1 unspecified atom stereocenters. The van der Waals surface area contributed by atoms with Gasteiger partial charge in [0.05, 0.1) is 0 Å². The quantitative estimate of drug-likeness (QED) is 0.473. The van der Waals surface area contributed by atoms with E-state index in [0.717, 1.165) is 12.4 Å². The van der Waals surface area contributed by atoms with Crippen LogP contribution in [0.1, 0.15) is 6.92 Å². The monoisotopic (exact) mass is 210 g/mol. The lowest BCUT2D eigenvalue weighted by Crippen LogP contribution is -2.31. The summed E-state index contributed by atoms with van der Waals surface area (Å²) >= 11 is 0. The maximum absolute atomic E-state index is 5.25. The summed E-state index contributed by atoms with van der Waals surface area (Å²) in [6.45, 7) is 2.96. The number of anilines is 2. The third-order valence-electron chi connectivity index (χ3n) is 2.28. The third-order valence-corrected chi connectivity index (χ3v) is 2.28. The van der Waals surface area contributed by atoms with E-state index in [2.05, 4.69) is 32.5 Å². The molecule has 84 valence electrons. The summed E-state index contributed by atoms with van der Waals surface area (Å²) < 4.78 is 0. The Kier molecular flexibility index (Phi) is 4.26. The normalized spacial score (nSPS) is 12.6. The fourth-order valence-electron chi connectivity index (χ4n) is 0.968. The molecule has 1 rings (SSSR count). The standard InChI is InChI=1S/C9H18N6/c1-7(15(2)3)5-11-8-4-9(14-10)13-6-12-8/h4,6-7H,5,10H2,1-3H3,(H2,11,12,13,14). The van der Waals surface area contributed by atoms with Gasteiger partial charge >= 0.3 is 0 Å². The first-order valence-electron chi connectivity index (χ1n) is 4.82. The molecule has 1 atom stereocenters. The number of aromatic nitrogens is 2. The number of nitrogens with two attached hydrogens (primary N) is 1. The number of hydrogen-bond acceptors (Lipinski definition) is 6. The van der Waals surface area contributed by atoms with E-state index in [9.17, 15) is 0 Å². The van der Waals surface area contributed by atoms with Gasteiger partial charge in [-0.1, -0.05) is 0 Å². The fraction of sp³-hybridized carbons (Fsp3) is 0.556. The smallest absolute Gasteiger partial charge is 0.145 e. The second kappa shape index (κ2) is 5.47. The predicted octanol–water partition coefficient (Wildman–Crippen LogP) is 0.124. The maximum atomic E-state index is 5.25. The molecule has 15 heavy (non-hydrogen) atoms. The molecule has 4 N–H and O–H groups in total. The number of rotatable bonds is 5. The minimum atomic E-state index is 0.439. The van der Waals surface area contributed by atoms with Crippen LogP contribution >= 0.6 is 0 Å². The maximum Gasteiger partial charge on any atom is 0.145 e. The van der Waals surface area contributed by atoms with E-state index in [4.69, 9.17) is 5.84 Å². The van der Waals surface area contributed by atoms with Gasteiger partial charge in [-0.05, 0) is 21.0 Å². The molecule has 0 spiro atoms. The van der Waals surface area contributed by atoms with Crippen LogP contribution in [-0.2, 0) is 0 Å². The van der Waals surface area contributed by atoms with Crippen LogP contribution in [0.4, 0.5) is 11.6 Å². The SMILES string of the molecule is CC(CNc1cc(NN)ncn1)N(C)C. The van der Waals surface area contributed by atoms with E-state index in [1.807, 2.05) is 14.1 Å². The van der Waals surface area contributed by atoms with Gasteiger partial charge in [0, 0.05) is 18.7 Å². The second-order valence-corrected chi connectivity index (χ2v) is 3.63. The summed E-state index contributed by atoms with van der Waals surface area (Å²) in [6, 6.07) is 2.21. The molecule has 0 amide bonds. The van der Waals surface area contributed by atoms with Crippen LogP contribution in [0.2, 0.25) is 0 Å². The number of nitrogen functional groups attached to an aromatic ring is 1. The lowest BCUT2D eigenvalue weighted by Gasteiger charge is -2.20. The Hall–Kier alpha value is -1.40. The van der Waals surface area contributed by atoms with E-state index >= 15 is 0 Å². The van der Waals surface area contributed by atoms with E-state index in [1.54, 1.807) is 6.07 Å². The molecular formula is C9H18N6. The molecule has 0 saturated heterocycles. The Balaban J connectivity index is 2.50. The van der Waals surface area contributed by atoms with Crippen molar-refractivity contribution in [1.29, 1.82) is 0 Å². The Bertz CT molecular complexity index is 300. The average molecular weight is 210 g/mol. The van der Waals surface area contributed by atoms with Crippen LogP contribution in [0, 0.1) is 0 Å². The zero-order valence-electron chi connectivity index (χ0n) is 9.36. The molecule has 0 aromatic carbocycles. The van der Waals surface area contributed by atoms with Crippen molar-refractivity contribution < 1.29 is 0 Å². The number of likely N-dealkylation sites (N-methyl/N-ethyl adjacent to an activating group) is 1. The molecule has 1 heterocycles. The number of hydrogen-bond donors (Lipinski definition) is 3. The largest absolute Gasteiger partial charge is 0.368 e. The summed E-state index contributed by atoms with van der Waals surface area (Å²) in [5.41, 5.74) is 2.48. The first-order valence-corrected chi connectivity index (χ1v) is 4.82. The van der Waals surface area contributed by atoms with Crippen molar-refractivity contribution in [2.45, 2.75) is 13.0 Å². The van der Waals surface area contributed by atoms with Crippen LogP contribution < -0.4 is 16.6 Å². The lowest BCUT2D eigenvalue weighted by atomic mass is 10.3. The lowest BCUT2D eigenvalue weighted by molar-refractivity contribution is 0.326. The Morgan fingerprint density at radius 1 is 1.40 bits per heavy atom. The molecule has 6 nitrogen and oxygen atoms in total. The van der Waals surface area contributed by atoms with E-state index in [0.29, 0.717) is 11.9 Å². The van der Waals surface area contributed by atoms with Crippen LogP contribution in [0.5, 0.6) is 0 Å². The molecule has 1 aromatic heterocycles. The van der Waals surface area contributed by atoms with Crippen LogP contribution in [-0.4, -0.2) is 41.5 Å². The highest BCUT2D eigenvalue weighted by atomic mass is 15.3. The molecule has 0 saturated carbocycles. The van der Waals surface area contributed by atoms with Crippen molar-refractivity contribution in [1.82, 2.24) is 14.9 Å². The van der Waals surface area contributed by atoms with Gasteiger partial charge in [-0.25, -0.2) is 15.8 Å². The molecule has 6 heteroatoms. The minimum Gasteiger partial charge on any atom is -0.368 e. The van der Waals surface area contributed by atoms with Crippen molar-refractivity contribution in [3.8, 4) is 0 Å². The van der Waals surface area contributed by atoms with Crippen molar-refractivity contribution in [2.75, 3.05) is 31.4 Å². The van der Waals surface area contributed by atoms with Gasteiger partial charge < -0.3 is 15.6 Å². The van der Waals surface area contributed by atoms with Crippen molar-refractivity contribution in [3.63, 3.8) is 0 Å². The Morgan fingerprint density at radius 3 is 2.67 bits per heavy atom. The Morgan fingerprint density at radius 2 is 2.07 bits per heavy atom. The highest BCUT2D eigenvalue weighted by Crippen LogP contribution is 2.07. The summed E-state index contributed by atoms with van der Waals surface area (Å²) in [6.07, 6.45) is 1.47. The Labute approximate surface area is 89.9 Å². The highest BCUT2D eigenvalue weighted by Gasteiger charge is 2.04. The molecule has 1 aromatic rings. The fourth-order valence-corrected chi connectivity index (χ4v) is 0.968. The topological polar surface area (TPSA) is 79.1 Å². The van der Waals surface area contributed by atoms with Gasteiger partial charge in [0.2, 0.25) is 0 Å². The molecule has 0 fully saturated rings. The molecule has 0 aliphatic rings. The van der Waals surface area contributed by atoms with Gasteiger partial charge in [-0.15, -0.1) is 0 Å². The number of nitrogens with one attached hydrogen (secondary N) is 2. The summed E-state index contributed by atoms with van der Waals surface area (Å²) in [7, 11) is 4.08. The zero-order chi connectivity index (χ0) is 11.3. The molecule has 0 aliphatic heterocycles. The van der Waals surface area contributed by atoms with Gasteiger partial charge in [-0.2, -0.15) is 0 Å². The predicted molar refractivity (Wildman–Crippen MR) is 61.5 cm³/mol. The van der Waals surface area contributed by atoms with Crippen molar-refractivity contribution in [3.05, 3.63) is 12.4 Å². The van der Waals surface area contributed by atoms with Crippen LogP contribution in [0.15, 0.2) is 12.4 Å². The summed E-state index contributed by atoms with van der Waals surface area (Å²) in [5, 5.41) is 3.21. The summed E-state index contributed by atoms with van der Waals surface area (Å²) in [5.74, 6) is 6.62. The minimum absolute atomic E-state index is 0.439. The molecular weight excluding hydrogens is 192 g/mol. The first-order chi connectivity index (χ1) is 7.13. The number of hydrazine groups is 1. The average Bonchev–Trinajstić information content (AvgIpc) is 2.26. The van der Waals surface area contributed by atoms with Crippen LogP contribution in [0.3, 0.4) is 0 Å². The van der Waals surface area contributed by atoms with Gasteiger partial charge in [0.1, 0.15) is 18.0 Å². The van der Waals surface area contributed by atoms with Crippen molar-refractivity contribution in [2.24, 2.45) is 5.84 Å². The zero-order valence-corrected chi connectivity index (χ0v) is 9.36. The first kappa shape index (κ1) is 11.7. The second-order valence-electron chi connectivity index (χ2n) is 3.63. The van der Waals surface area contributed by atoms with Crippen molar-refractivity contribution >= 4 is 11.6 Å². The summed E-state index contributed by atoms with van der Waals surface area (Å²) in [4.78, 5) is 10.1. The van der Waals surface area contributed by atoms with E-state index in [-0.39, 0.29) is 0 Å². The molecule has 0 bridgehead atoms.